The Balaban J connectivity index is 1.43. The number of aromatic nitrogens is 2. The maximum Gasteiger partial charge on any atom is 0.226 e. The van der Waals surface area contributed by atoms with Gasteiger partial charge in [0.2, 0.25) is 5.91 Å². The van der Waals surface area contributed by atoms with Gasteiger partial charge in [0.1, 0.15) is 5.65 Å². The van der Waals surface area contributed by atoms with Crippen molar-refractivity contribution in [3.8, 4) is 0 Å². The van der Waals surface area contributed by atoms with Crippen molar-refractivity contribution in [1.29, 1.82) is 0 Å². The van der Waals surface area contributed by atoms with Crippen LogP contribution in [0.3, 0.4) is 0 Å². The van der Waals surface area contributed by atoms with Gasteiger partial charge in [-0.05, 0) is 49.7 Å². The number of imidazole rings is 1. The van der Waals surface area contributed by atoms with E-state index in [-0.39, 0.29) is 5.91 Å². The molecule has 3 N–H and O–H groups in total. The van der Waals surface area contributed by atoms with Crippen LogP contribution in [-0.4, -0.2) is 27.4 Å². The zero-order valence-electron chi connectivity index (χ0n) is 13.3. The Bertz CT molecular complexity index is 663. The van der Waals surface area contributed by atoms with E-state index in [4.69, 9.17) is 5.73 Å². The molecule has 122 valence electrons. The Hall–Kier alpha value is -1.88. The van der Waals surface area contributed by atoms with Crippen molar-refractivity contribution in [1.82, 2.24) is 14.7 Å². The minimum Gasteiger partial charge on any atom is -0.352 e. The summed E-state index contributed by atoms with van der Waals surface area (Å²) in [6.45, 7) is 0. The van der Waals surface area contributed by atoms with Crippen LogP contribution in [0.2, 0.25) is 0 Å². The Morgan fingerprint density at radius 3 is 2.83 bits per heavy atom. The van der Waals surface area contributed by atoms with E-state index in [9.17, 15) is 4.79 Å². The molecular formula is C18H24N4O. The fourth-order valence-corrected chi connectivity index (χ4v) is 4.50. The number of rotatable bonds is 3. The van der Waals surface area contributed by atoms with Crippen molar-refractivity contribution in [2.75, 3.05) is 0 Å². The first-order valence-corrected chi connectivity index (χ1v) is 8.66. The molecule has 2 aromatic rings. The van der Waals surface area contributed by atoms with Gasteiger partial charge in [0.05, 0.1) is 12.1 Å². The van der Waals surface area contributed by atoms with Crippen LogP contribution in [0.4, 0.5) is 0 Å². The van der Waals surface area contributed by atoms with E-state index in [1.807, 2.05) is 35.0 Å². The van der Waals surface area contributed by atoms with Crippen molar-refractivity contribution in [2.45, 2.75) is 50.6 Å². The lowest BCUT2D eigenvalue weighted by Crippen LogP contribution is -2.54. The van der Waals surface area contributed by atoms with Crippen LogP contribution in [-0.2, 0) is 11.2 Å². The van der Waals surface area contributed by atoms with Crippen LogP contribution in [0.25, 0.3) is 5.65 Å². The number of hydrogen-bond donors (Lipinski definition) is 2. The minimum absolute atomic E-state index is 0.0887. The summed E-state index contributed by atoms with van der Waals surface area (Å²) in [6.07, 6.45) is 10.0. The summed E-state index contributed by atoms with van der Waals surface area (Å²) in [5.74, 6) is 1.20. The number of amides is 1. The summed E-state index contributed by atoms with van der Waals surface area (Å²) in [5, 5.41) is 3.29. The van der Waals surface area contributed by atoms with Gasteiger partial charge in [-0.2, -0.15) is 0 Å². The SMILES string of the molecule is NC1CC2CCCC(C1)C2NC(=O)Cc1cn2ccccc2n1. The van der Waals surface area contributed by atoms with Crippen molar-refractivity contribution in [2.24, 2.45) is 17.6 Å². The highest BCUT2D eigenvalue weighted by Gasteiger charge is 2.39. The number of nitrogens with one attached hydrogen (secondary N) is 1. The van der Waals surface area contributed by atoms with Crippen LogP contribution in [0.5, 0.6) is 0 Å². The normalized spacial score (nSPS) is 30.3. The second kappa shape index (κ2) is 5.96. The molecule has 2 fully saturated rings. The highest BCUT2D eigenvalue weighted by atomic mass is 16.1. The van der Waals surface area contributed by atoms with Crippen LogP contribution < -0.4 is 11.1 Å². The van der Waals surface area contributed by atoms with Crippen molar-refractivity contribution in [3.63, 3.8) is 0 Å². The van der Waals surface area contributed by atoms with Gasteiger partial charge in [0, 0.05) is 24.5 Å². The molecule has 2 aromatic heterocycles. The van der Waals surface area contributed by atoms with Gasteiger partial charge >= 0.3 is 0 Å². The van der Waals surface area contributed by atoms with Crippen molar-refractivity contribution in [3.05, 3.63) is 36.3 Å². The first-order chi connectivity index (χ1) is 11.2. The standard InChI is InChI=1S/C18H24N4O/c19-14-8-12-4-3-5-13(9-14)18(12)21-17(23)10-15-11-22-7-2-1-6-16(22)20-15/h1-2,6-7,11-14,18H,3-5,8-10,19H2,(H,21,23). The third-order valence-corrected chi connectivity index (χ3v) is 5.46. The number of fused-ring (bicyclic) bond motifs is 3. The third kappa shape index (κ3) is 2.98. The zero-order chi connectivity index (χ0) is 15.8. The minimum atomic E-state index is 0.0887. The molecule has 4 rings (SSSR count). The molecule has 2 aliphatic rings. The Kier molecular flexibility index (Phi) is 3.81. The second-order valence-electron chi connectivity index (χ2n) is 7.15. The first kappa shape index (κ1) is 14.7. The highest BCUT2D eigenvalue weighted by Crippen LogP contribution is 2.39. The zero-order valence-corrected chi connectivity index (χ0v) is 13.3. The summed E-state index contributed by atoms with van der Waals surface area (Å²) in [6, 6.07) is 6.50. The average Bonchev–Trinajstić information content (AvgIpc) is 2.90. The number of carbonyl (C=O) groups excluding carboxylic acids is 1. The molecule has 2 bridgehead atoms. The molecule has 2 atom stereocenters. The second-order valence-corrected chi connectivity index (χ2v) is 7.15. The van der Waals surface area contributed by atoms with Crippen LogP contribution in [0, 0.1) is 11.8 Å². The first-order valence-electron chi connectivity index (χ1n) is 8.66. The molecule has 2 unspecified atom stereocenters. The number of hydrogen-bond acceptors (Lipinski definition) is 3. The van der Waals surface area contributed by atoms with E-state index in [0.717, 1.165) is 24.2 Å². The molecule has 2 saturated carbocycles. The summed E-state index contributed by atoms with van der Waals surface area (Å²) in [7, 11) is 0. The predicted octanol–water partition coefficient (Wildman–Crippen LogP) is 1.90. The van der Waals surface area contributed by atoms with Crippen LogP contribution in [0.1, 0.15) is 37.8 Å². The fraction of sp³-hybridized carbons (Fsp3) is 0.556. The molecule has 0 aromatic carbocycles. The van der Waals surface area contributed by atoms with E-state index < -0.39 is 0 Å². The Morgan fingerprint density at radius 2 is 2.09 bits per heavy atom. The van der Waals surface area contributed by atoms with Gasteiger partial charge in [0.15, 0.2) is 0 Å². The number of nitrogens with zero attached hydrogens (tertiary/aromatic N) is 2. The molecule has 0 radical (unpaired) electrons. The molecule has 5 heteroatoms. The summed E-state index contributed by atoms with van der Waals surface area (Å²) >= 11 is 0. The monoisotopic (exact) mass is 312 g/mol. The molecule has 0 saturated heterocycles. The van der Waals surface area contributed by atoms with Gasteiger partial charge in [-0.15, -0.1) is 0 Å². The molecule has 0 spiro atoms. The molecule has 2 heterocycles. The maximum absolute atomic E-state index is 12.5. The van der Waals surface area contributed by atoms with Gasteiger partial charge in [0.25, 0.3) is 0 Å². The molecule has 5 nitrogen and oxygen atoms in total. The Labute approximate surface area is 136 Å². The lowest BCUT2D eigenvalue weighted by atomic mass is 9.67. The maximum atomic E-state index is 12.5. The smallest absolute Gasteiger partial charge is 0.226 e. The predicted molar refractivity (Wildman–Crippen MR) is 88.9 cm³/mol. The van der Waals surface area contributed by atoms with Crippen molar-refractivity contribution < 1.29 is 4.79 Å². The van der Waals surface area contributed by atoms with E-state index in [1.165, 1.54) is 19.3 Å². The lowest BCUT2D eigenvalue weighted by molar-refractivity contribution is -0.122. The van der Waals surface area contributed by atoms with E-state index >= 15 is 0 Å². The lowest BCUT2D eigenvalue weighted by Gasteiger charge is -2.45. The summed E-state index contributed by atoms with van der Waals surface area (Å²) in [4.78, 5) is 17.0. The molecule has 1 amide bonds. The highest BCUT2D eigenvalue weighted by molar-refractivity contribution is 5.78. The largest absolute Gasteiger partial charge is 0.352 e. The number of nitrogens with two attached hydrogens (primary N) is 1. The summed E-state index contributed by atoms with van der Waals surface area (Å²) < 4.78 is 1.96. The quantitative estimate of drug-likeness (QED) is 0.909. The molecule has 2 aliphatic carbocycles. The van der Waals surface area contributed by atoms with Crippen LogP contribution >= 0.6 is 0 Å². The van der Waals surface area contributed by atoms with E-state index in [2.05, 4.69) is 10.3 Å². The third-order valence-electron chi connectivity index (χ3n) is 5.46. The molecule has 23 heavy (non-hydrogen) atoms. The number of carbonyl (C=O) groups is 1. The fourth-order valence-electron chi connectivity index (χ4n) is 4.50. The van der Waals surface area contributed by atoms with Gasteiger partial charge in [-0.1, -0.05) is 12.5 Å². The van der Waals surface area contributed by atoms with Gasteiger partial charge in [-0.3, -0.25) is 4.79 Å². The van der Waals surface area contributed by atoms with E-state index in [1.54, 1.807) is 0 Å². The summed E-state index contributed by atoms with van der Waals surface area (Å²) in [5.41, 5.74) is 7.87. The Morgan fingerprint density at radius 1 is 1.30 bits per heavy atom. The van der Waals surface area contributed by atoms with Crippen molar-refractivity contribution >= 4 is 11.6 Å². The topological polar surface area (TPSA) is 72.4 Å². The van der Waals surface area contributed by atoms with Gasteiger partial charge < -0.3 is 15.5 Å². The van der Waals surface area contributed by atoms with E-state index in [0.29, 0.717) is 30.3 Å². The van der Waals surface area contributed by atoms with Gasteiger partial charge in [-0.25, -0.2) is 4.98 Å². The molecule has 0 aliphatic heterocycles. The molecular weight excluding hydrogens is 288 g/mol. The van der Waals surface area contributed by atoms with Crippen LogP contribution in [0.15, 0.2) is 30.6 Å². The average molecular weight is 312 g/mol. The number of pyridine rings is 1.